The summed E-state index contributed by atoms with van der Waals surface area (Å²) in [7, 11) is 1.82. The lowest BCUT2D eigenvalue weighted by Gasteiger charge is -2.35. The van der Waals surface area contributed by atoms with Crippen LogP contribution < -0.4 is 10.6 Å². The summed E-state index contributed by atoms with van der Waals surface area (Å²) in [4.78, 5) is 6.90. The van der Waals surface area contributed by atoms with E-state index in [1.807, 2.05) is 7.05 Å². The van der Waals surface area contributed by atoms with E-state index in [-0.39, 0.29) is 0 Å². The number of morpholine rings is 1. The van der Waals surface area contributed by atoms with Crippen LogP contribution in [-0.2, 0) is 11.3 Å². The molecule has 0 amide bonds. The minimum absolute atomic E-state index is 0.293. The van der Waals surface area contributed by atoms with E-state index in [4.69, 9.17) is 4.74 Å². The fraction of sp³-hybridized carbons (Fsp3) is 0.435. The lowest BCUT2D eigenvalue weighted by molar-refractivity contribution is 0.0170. The fourth-order valence-electron chi connectivity index (χ4n) is 3.54. The van der Waals surface area contributed by atoms with Gasteiger partial charge in [-0.1, -0.05) is 54.1 Å². The molecule has 0 bridgehead atoms. The highest BCUT2D eigenvalue weighted by molar-refractivity contribution is 5.79. The van der Waals surface area contributed by atoms with Gasteiger partial charge in [0, 0.05) is 33.2 Å². The fourth-order valence-corrected chi connectivity index (χ4v) is 3.54. The Morgan fingerprint density at radius 3 is 2.43 bits per heavy atom. The molecule has 0 saturated carbocycles. The highest BCUT2D eigenvalue weighted by Crippen LogP contribution is 2.21. The van der Waals surface area contributed by atoms with Gasteiger partial charge in [-0.3, -0.25) is 9.89 Å². The second-order valence-corrected chi connectivity index (χ2v) is 7.31. The van der Waals surface area contributed by atoms with Gasteiger partial charge in [0.1, 0.15) is 0 Å². The van der Waals surface area contributed by atoms with Crippen LogP contribution in [0.1, 0.15) is 28.3 Å². The maximum Gasteiger partial charge on any atom is 0.191 e. The third-order valence-corrected chi connectivity index (χ3v) is 5.34. The number of rotatable bonds is 6. The second kappa shape index (κ2) is 10.2. The van der Waals surface area contributed by atoms with Crippen LogP contribution in [0.15, 0.2) is 53.5 Å². The minimum atomic E-state index is 0.293. The maximum atomic E-state index is 5.55. The summed E-state index contributed by atoms with van der Waals surface area (Å²) < 4.78 is 5.55. The Balaban J connectivity index is 1.64. The smallest absolute Gasteiger partial charge is 0.191 e. The molecule has 1 aliphatic heterocycles. The van der Waals surface area contributed by atoms with Gasteiger partial charge < -0.3 is 15.4 Å². The molecule has 0 spiro atoms. The average molecular weight is 381 g/mol. The number of nitrogens with zero attached hydrogens (tertiary/aromatic N) is 2. The van der Waals surface area contributed by atoms with E-state index in [1.165, 1.54) is 22.3 Å². The molecule has 5 heteroatoms. The van der Waals surface area contributed by atoms with Crippen molar-refractivity contribution < 1.29 is 4.74 Å². The number of benzene rings is 2. The van der Waals surface area contributed by atoms with Crippen molar-refractivity contribution in [3.63, 3.8) is 0 Å². The van der Waals surface area contributed by atoms with Gasteiger partial charge in [0.2, 0.25) is 0 Å². The van der Waals surface area contributed by atoms with Crippen LogP contribution in [0.2, 0.25) is 0 Å². The number of hydrogen-bond donors (Lipinski definition) is 2. The Kier molecular flexibility index (Phi) is 7.46. The summed E-state index contributed by atoms with van der Waals surface area (Å²) in [6.45, 7) is 9.33. The number of ether oxygens (including phenoxy) is 1. The molecule has 2 N–H and O–H groups in total. The van der Waals surface area contributed by atoms with E-state index in [9.17, 15) is 0 Å². The molecule has 1 saturated heterocycles. The first-order valence-electron chi connectivity index (χ1n) is 10.0. The average Bonchev–Trinajstić information content (AvgIpc) is 2.73. The predicted molar refractivity (Wildman–Crippen MR) is 116 cm³/mol. The number of aryl methyl sites for hydroxylation is 2. The molecular weight excluding hydrogens is 348 g/mol. The van der Waals surface area contributed by atoms with Crippen molar-refractivity contribution in [2.75, 3.05) is 39.9 Å². The van der Waals surface area contributed by atoms with Gasteiger partial charge in [0.05, 0.1) is 19.3 Å². The van der Waals surface area contributed by atoms with Crippen molar-refractivity contribution in [1.29, 1.82) is 0 Å². The van der Waals surface area contributed by atoms with Crippen molar-refractivity contribution in [1.82, 2.24) is 15.5 Å². The lowest BCUT2D eigenvalue weighted by Crippen LogP contribution is -2.46. The van der Waals surface area contributed by atoms with Crippen LogP contribution in [-0.4, -0.2) is 50.8 Å². The van der Waals surface area contributed by atoms with Gasteiger partial charge in [-0.05, 0) is 30.5 Å². The molecule has 0 radical (unpaired) electrons. The second-order valence-electron chi connectivity index (χ2n) is 7.31. The molecule has 1 unspecified atom stereocenters. The molecule has 5 nitrogen and oxygen atoms in total. The normalized spacial score (nSPS) is 16.6. The quantitative estimate of drug-likeness (QED) is 0.597. The Labute approximate surface area is 168 Å². The highest BCUT2D eigenvalue weighted by atomic mass is 16.5. The molecule has 2 aromatic carbocycles. The molecule has 1 heterocycles. The van der Waals surface area contributed by atoms with E-state index in [0.717, 1.165) is 45.4 Å². The number of nitrogens with one attached hydrogen (secondary N) is 2. The Morgan fingerprint density at radius 2 is 1.75 bits per heavy atom. The predicted octanol–water partition coefficient (Wildman–Crippen LogP) is 3.04. The van der Waals surface area contributed by atoms with Gasteiger partial charge in [0.15, 0.2) is 5.96 Å². The summed E-state index contributed by atoms with van der Waals surface area (Å²) in [5, 5.41) is 6.97. The first-order valence-corrected chi connectivity index (χ1v) is 10.0. The number of hydrogen-bond acceptors (Lipinski definition) is 3. The molecule has 3 rings (SSSR count). The molecule has 150 valence electrons. The molecule has 0 aliphatic carbocycles. The summed E-state index contributed by atoms with van der Waals surface area (Å²) in [6, 6.07) is 17.6. The van der Waals surface area contributed by atoms with Crippen LogP contribution >= 0.6 is 0 Å². The van der Waals surface area contributed by atoms with E-state index in [2.05, 4.69) is 82.9 Å². The highest BCUT2D eigenvalue weighted by Gasteiger charge is 2.22. The van der Waals surface area contributed by atoms with Crippen molar-refractivity contribution in [2.24, 2.45) is 4.99 Å². The zero-order valence-corrected chi connectivity index (χ0v) is 17.2. The van der Waals surface area contributed by atoms with E-state index in [0.29, 0.717) is 6.04 Å². The Morgan fingerprint density at radius 1 is 1.04 bits per heavy atom. The van der Waals surface area contributed by atoms with Crippen molar-refractivity contribution in [3.8, 4) is 0 Å². The largest absolute Gasteiger partial charge is 0.379 e. The van der Waals surface area contributed by atoms with Crippen molar-refractivity contribution >= 4 is 5.96 Å². The summed E-state index contributed by atoms with van der Waals surface area (Å²) in [5.41, 5.74) is 5.19. The van der Waals surface area contributed by atoms with E-state index < -0.39 is 0 Å². The van der Waals surface area contributed by atoms with Gasteiger partial charge in [-0.15, -0.1) is 0 Å². The first-order chi connectivity index (χ1) is 13.7. The first kappa shape index (κ1) is 20.4. The van der Waals surface area contributed by atoms with Crippen LogP contribution in [0.4, 0.5) is 0 Å². The molecule has 2 aromatic rings. The Bertz CT molecular complexity index is 766. The van der Waals surface area contributed by atoms with Crippen molar-refractivity contribution in [3.05, 3.63) is 70.8 Å². The SMILES string of the molecule is CN=C(NCc1ccccc1C)NCC(c1ccc(C)cc1)N1CCOCC1. The maximum absolute atomic E-state index is 5.55. The standard InChI is InChI=1S/C23H32N4O/c1-18-8-10-20(11-9-18)22(27-12-14-28-15-13-27)17-26-23(24-3)25-16-21-7-5-4-6-19(21)2/h4-11,22H,12-17H2,1-3H3,(H2,24,25,26). The van der Waals surface area contributed by atoms with Gasteiger partial charge >= 0.3 is 0 Å². The van der Waals surface area contributed by atoms with E-state index in [1.54, 1.807) is 0 Å². The topological polar surface area (TPSA) is 48.9 Å². The third-order valence-electron chi connectivity index (χ3n) is 5.34. The third kappa shape index (κ3) is 5.57. The van der Waals surface area contributed by atoms with Crippen LogP contribution in [0.25, 0.3) is 0 Å². The minimum Gasteiger partial charge on any atom is -0.379 e. The molecule has 1 aliphatic rings. The zero-order chi connectivity index (χ0) is 19.8. The van der Waals surface area contributed by atoms with Crippen LogP contribution in [0.3, 0.4) is 0 Å². The molecule has 28 heavy (non-hydrogen) atoms. The van der Waals surface area contributed by atoms with E-state index >= 15 is 0 Å². The molecule has 1 atom stereocenters. The molecule has 1 fully saturated rings. The summed E-state index contributed by atoms with van der Waals surface area (Å²) in [6.07, 6.45) is 0. The molecule has 0 aromatic heterocycles. The monoisotopic (exact) mass is 380 g/mol. The summed E-state index contributed by atoms with van der Waals surface area (Å²) in [5.74, 6) is 0.827. The number of aliphatic imine (C=N–C) groups is 1. The van der Waals surface area contributed by atoms with Crippen LogP contribution in [0.5, 0.6) is 0 Å². The van der Waals surface area contributed by atoms with Crippen molar-refractivity contribution in [2.45, 2.75) is 26.4 Å². The van der Waals surface area contributed by atoms with Gasteiger partial charge in [-0.2, -0.15) is 0 Å². The van der Waals surface area contributed by atoms with Crippen LogP contribution in [0, 0.1) is 13.8 Å². The Hall–Kier alpha value is -2.37. The van der Waals surface area contributed by atoms with Gasteiger partial charge in [-0.25, -0.2) is 0 Å². The van der Waals surface area contributed by atoms with Gasteiger partial charge in [0.25, 0.3) is 0 Å². The molecular formula is C23H32N4O. The lowest BCUT2D eigenvalue weighted by atomic mass is 10.0. The zero-order valence-electron chi connectivity index (χ0n) is 17.2. The number of guanidine groups is 1. The summed E-state index contributed by atoms with van der Waals surface area (Å²) >= 11 is 0.